The fourth-order valence-electron chi connectivity index (χ4n) is 8.59. The van der Waals surface area contributed by atoms with Gasteiger partial charge in [-0.3, -0.25) is 18.6 Å². The molecular weight excluding hydrogens is 952 g/mol. The molecule has 0 rings (SSSR count). The number of amides is 1. The van der Waals surface area contributed by atoms with Gasteiger partial charge in [0.2, 0.25) is 5.91 Å². The summed E-state index contributed by atoms with van der Waals surface area (Å²) in [5.74, 6) is -0.532. The number of unbranched alkanes of at least 4 members (excludes halogenated alkanes) is 27. The van der Waals surface area contributed by atoms with E-state index in [0.717, 1.165) is 103 Å². The molecular formula is C65H118N2O7P+. The number of hydrogen-bond donors (Lipinski definition) is 2. The SMILES string of the molecule is CC/C=C\C/C=C\C/C=C\C/C=C\C/C=C\C/C=C\CCCCCCC(=O)NC(COP(=O)(O)OCC[N+](C)(C)C)C(/C=C\CCCCCCCCCCC)OC(=O)CCCCCCCCCCCCCCCCC. The normalized spacial score (nSPS) is 14.3. The summed E-state index contributed by atoms with van der Waals surface area (Å²) < 4.78 is 30.6. The maximum absolute atomic E-state index is 13.5. The number of esters is 1. The number of ether oxygens (including phenoxy) is 1. The molecule has 0 aliphatic rings. The highest BCUT2D eigenvalue weighted by atomic mass is 31.2. The van der Waals surface area contributed by atoms with E-state index in [1.165, 1.54) is 122 Å². The van der Waals surface area contributed by atoms with Gasteiger partial charge in [-0.25, -0.2) is 4.57 Å². The van der Waals surface area contributed by atoms with Crippen molar-refractivity contribution in [1.82, 2.24) is 5.32 Å². The zero-order valence-corrected chi connectivity index (χ0v) is 50.4. The molecule has 0 aromatic carbocycles. The van der Waals surface area contributed by atoms with Gasteiger partial charge < -0.3 is 19.4 Å². The molecule has 0 saturated heterocycles. The minimum Gasteiger partial charge on any atom is -0.456 e. The van der Waals surface area contributed by atoms with Gasteiger partial charge in [-0.1, -0.05) is 254 Å². The molecule has 434 valence electrons. The first kappa shape index (κ1) is 72.2. The van der Waals surface area contributed by atoms with E-state index < -0.39 is 20.0 Å². The summed E-state index contributed by atoms with van der Waals surface area (Å²) in [6, 6.07) is -0.863. The van der Waals surface area contributed by atoms with Gasteiger partial charge in [0.1, 0.15) is 19.3 Å². The molecule has 9 nitrogen and oxygen atoms in total. The van der Waals surface area contributed by atoms with Crippen LogP contribution in [0.15, 0.2) is 85.1 Å². The van der Waals surface area contributed by atoms with Crippen LogP contribution in [0.5, 0.6) is 0 Å². The van der Waals surface area contributed by atoms with Crippen molar-refractivity contribution in [2.45, 2.75) is 277 Å². The van der Waals surface area contributed by atoms with Gasteiger partial charge in [0, 0.05) is 12.8 Å². The molecule has 0 aromatic rings. The number of allylic oxidation sites excluding steroid dienone is 13. The van der Waals surface area contributed by atoms with Crippen LogP contribution in [0.25, 0.3) is 0 Å². The number of phosphoric ester groups is 1. The third kappa shape index (κ3) is 55.7. The summed E-state index contributed by atoms with van der Waals surface area (Å²) in [7, 11) is 1.47. The van der Waals surface area contributed by atoms with Crippen molar-refractivity contribution in [2.24, 2.45) is 0 Å². The van der Waals surface area contributed by atoms with Crippen molar-refractivity contribution in [3.63, 3.8) is 0 Å². The molecule has 0 aliphatic heterocycles. The largest absolute Gasteiger partial charge is 0.472 e. The fraction of sp³-hybridized carbons (Fsp3) is 0.754. The Bertz CT molecular complexity index is 1560. The number of quaternary nitrogens is 1. The molecule has 0 radical (unpaired) electrons. The first-order valence-corrected chi connectivity index (χ1v) is 32.4. The van der Waals surface area contributed by atoms with Gasteiger partial charge in [0.25, 0.3) is 0 Å². The predicted octanol–water partition coefficient (Wildman–Crippen LogP) is 19.0. The van der Waals surface area contributed by atoms with E-state index in [0.29, 0.717) is 23.9 Å². The van der Waals surface area contributed by atoms with E-state index in [-0.39, 0.29) is 31.5 Å². The van der Waals surface area contributed by atoms with Crippen LogP contribution in [-0.2, 0) is 27.9 Å². The second-order valence-corrected chi connectivity index (χ2v) is 23.3. The standard InChI is InChI=1S/C65H117N2O7P/c1-7-10-13-16-19-22-25-27-29-30-31-32-33-34-35-36-38-39-42-45-48-51-54-57-64(68)66-62(61-73-75(70,71)72-60-59-67(4,5)6)63(56-53-50-47-44-41-24-21-18-15-12-9-3)74-65(69)58-55-52-49-46-43-40-37-28-26-23-20-17-14-11-8-2/h10,13,19,22,27,29,31-32,34-35,38-39,53,56,62-63H,7-9,11-12,14-18,20-21,23-26,28,30,33,36-37,40-52,54-55,57-61H2,1-6H3,(H-,66,68,70,71)/p+1/b13-10-,22-19-,29-27-,32-31-,35-34-,39-38-,56-53-. The maximum Gasteiger partial charge on any atom is 0.472 e. The summed E-state index contributed by atoms with van der Waals surface area (Å²) >= 11 is 0. The summed E-state index contributed by atoms with van der Waals surface area (Å²) in [6.45, 7) is 6.88. The van der Waals surface area contributed by atoms with Crippen LogP contribution in [0.1, 0.15) is 265 Å². The number of carbonyl (C=O) groups is 2. The summed E-state index contributed by atoms with van der Waals surface area (Å²) in [6.07, 6.45) is 71.5. The number of nitrogens with zero attached hydrogens (tertiary/aromatic N) is 1. The summed E-state index contributed by atoms with van der Waals surface area (Å²) in [5, 5.41) is 3.04. The van der Waals surface area contributed by atoms with Crippen molar-refractivity contribution in [1.29, 1.82) is 0 Å². The molecule has 0 fully saturated rings. The lowest BCUT2D eigenvalue weighted by Gasteiger charge is -2.27. The van der Waals surface area contributed by atoms with Gasteiger partial charge in [-0.2, -0.15) is 0 Å². The van der Waals surface area contributed by atoms with Gasteiger partial charge >= 0.3 is 13.8 Å². The van der Waals surface area contributed by atoms with Crippen molar-refractivity contribution in [2.75, 3.05) is 40.9 Å². The maximum atomic E-state index is 13.5. The van der Waals surface area contributed by atoms with E-state index in [4.69, 9.17) is 13.8 Å². The molecule has 0 heterocycles. The van der Waals surface area contributed by atoms with Crippen molar-refractivity contribution in [3.05, 3.63) is 85.1 Å². The van der Waals surface area contributed by atoms with E-state index >= 15 is 0 Å². The third-order valence-corrected chi connectivity index (χ3v) is 14.3. The molecule has 2 N–H and O–H groups in total. The Hall–Kier alpha value is -2.81. The van der Waals surface area contributed by atoms with Gasteiger partial charge in [0.05, 0.1) is 33.8 Å². The Kier molecular flexibility index (Phi) is 52.5. The molecule has 0 bridgehead atoms. The fourth-order valence-corrected chi connectivity index (χ4v) is 9.33. The Labute approximate surface area is 463 Å². The summed E-state index contributed by atoms with van der Waals surface area (Å²) in [4.78, 5) is 37.7. The predicted molar refractivity (Wildman–Crippen MR) is 323 cm³/mol. The van der Waals surface area contributed by atoms with Gasteiger partial charge in [0.15, 0.2) is 0 Å². The first-order valence-electron chi connectivity index (χ1n) is 30.9. The highest BCUT2D eigenvalue weighted by Gasteiger charge is 2.30. The highest BCUT2D eigenvalue weighted by Crippen LogP contribution is 2.43. The Morgan fingerprint density at radius 1 is 0.480 bits per heavy atom. The quantitative estimate of drug-likeness (QED) is 0.0205. The Balaban J connectivity index is 5.25. The average Bonchev–Trinajstić information content (AvgIpc) is 3.37. The molecule has 75 heavy (non-hydrogen) atoms. The zero-order valence-electron chi connectivity index (χ0n) is 49.5. The molecule has 3 atom stereocenters. The van der Waals surface area contributed by atoms with Crippen molar-refractivity contribution >= 4 is 19.7 Å². The molecule has 1 amide bonds. The molecule has 0 spiro atoms. The Morgan fingerprint density at radius 3 is 1.28 bits per heavy atom. The lowest BCUT2D eigenvalue weighted by molar-refractivity contribution is -0.870. The van der Waals surface area contributed by atoms with Crippen LogP contribution < -0.4 is 5.32 Å². The van der Waals surface area contributed by atoms with Crippen LogP contribution in [0.4, 0.5) is 0 Å². The minimum absolute atomic E-state index is 0.0324. The first-order chi connectivity index (χ1) is 36.4. The molecule has 10 heteroatoms. The summed E-state index contributed by atoms with van der Waals surface area (Å²) in [5.41, 5.74) is 0. The van der Waals surface area contributed by atoms with Crippen LogP contribution in [0.3, 0.4) is 0 Å². The smallest absolute Gasteiger partial charge is 0.456 e. The van der Waals surface area contributed by atoms with E-state index in [1.54, 1.807) is 0 Å². The van der Waals surface area contributed by atoms with Crippen LogP contribution >= 0.6 is 7.82 Å². The monoisotopic (exact) mass is 1070 g/mol. The second-order valence-electron chi connectivity index (χ2n) is 21.9. The minimum atomic E-state index is -4.46. The van der Waals surface area contributed by atoms with Gasteiger partial charge in [-0.15, -0.1) is 0 Å². The van der Waals surface area contributed by atoms with E-state index in [2.05, 4.69) is 99.0 Å². The molecule has 0 aliphatic carbocycles. The number of likely N-dealkylation sites (N-methyl/N-ethyl adjacent to an activating group) is 1. The second kappa shape index (κ2) is 54.5. The number of phosphoric acid groups is 1. The Morgan fingerprint density at radius 2 is 0.853 bits per heavy atom. The van der Waals surface area contributed by atoms with Crippen molar-refractivity contribution < 1.29 is 37.3 Å². The van der Waals surface area contributed by atoms with E-state index in [1.807, 2.05) is 33.3 Å². The topological polar surface area (TPSA) is 111 Å². The number of hydrogen-bond acceptors (Lipinski definition) is 6. The van der Waals surface area contributed by atoms with Crippen LogP contribution in [-0.4, -0.2) is 74.3 Å². The number of nitrogens with one attached hydrogen (secondary N) is 1. The number of carbonyl (C=O) groups excluding carboxylic acids is 2. The van der Waals surface area contributed by atoms with E-state index in [9.17, 15) is 19.0 Å². The zero-order chi connectivity index (χ0) is 55.0. The average molecular weight is 1070 g/mol. The highest BCUT2D eigenvalue weighted by molar-refractivity contribution is 7.47. The molecule has 0 saturated carbocycles. The third-order valence-electron chi connectivity index (χ3n) is 13.3. The molecule has 0 aromatic heterocycles. The van der Waals surface area contributed by atoms with Gasteiger partial charge in [-0.05, 0) is 83.1 Å². The lowest BCUT2D eigenvalue weighted by atomic mass is 10.0. The molecule has 3 unspecified atom stereocenters. The van der Waals surface area contributed by atoms with Crippen LogP contribution in [0, 0.1) is 0 Å². The van der Waals surface area contributed by atoms with Crippen molar-refractivity contribution in [3.8, 4) is 0 Å². The van der Waals surface area contributed by atoms with Crippen LogP contribution in [0.2, 0.25) is 0 Å². The number of rotatable bonds is 55. The lowest BCUT2D eigenvalue weighted by Crippen LogP contribution is -2.47.